The Kier molecular flexibility index (Phi) is 6.31. The molecule has 163 valence electrons. The highest BCUT2D eigenvalue weighted by Crippen LogP contribution is 2.38. The maximum Gasteiger partial charge on any atom is 0.255 e. The highest BCUT2D eigenvalue weighted by atomic mass is 28.3. The lowest BCUT2D eigenvalue weighted by molar-refractivity contribution is 0.157. The lowest BCUT2D eigenvalue weighted by Crippen LogP contribution is -2.32. The molecule has 5 nitrogen and oxygen atoms in total. The lowest BCUT2D eigenvalue weighted by Gasteiger charge is -2.33. The van der Waals surface area contributed by atoms with Crippen molar-refractivity contribution in [3.8, 4) is 11.8 Å². The van der Waals surface area contributed by atoms with E-state index >= 15 is 0 Å². The van der Waals surface area contributed by atoms with Crippen molar-refractivity contribution in [1.82, 2.24) is 4.57 Å². The van der Waals surface area contributed by atoms with E-state index in [0.29, 0.717) is 17.9 Å². The molecule has 0 N–H and O–H groups in total. The van der Waals surface area contributed by atoms with Gasteiger partial charge in [-0.05, 0) is 68.3 Å². The van der Waals surface area contributed by atoms with Crippen LogP contribution >= 0.6 is 0 Å². The monoisotopic (exact) mass is 435 g/mol. The number of pyridine rings is 1. The van der Waals surface area contributed by atoms with Crippen LogP contribution in [0.4, 0.5) is 0 Å². The molecule has 0 saturated carbocycles. The zero-order chi connectivity index (χ0) is 23.0. The molecule has 0 saturated heterocycles. The van der Waals surface area contributed by atoms with Gasteiger partial charge in [-0.1, -0.05) is 20.8 Å². The quantitative estimate of drug-likeness (QED) is 0.607. The molecule has 0 bridgehead atoms. The van der Waals surface area contributed by atoms with Gasteiger partial charge < -0.3 is 9.16 Å². The van der Waals surface area contributed by atoms with Crippen LogP contribution in [-0.2, 0) is 4.43 Å². The predicted octanol–water partition coefficient (Wildman–Crippen LogP) is 5.18. The van der Waals surface area contributed by atoms with E-state index in [4.69, 9.17) is 9.16 Å². The minimum atomic E-state index is -0.816. The molecular weight excluding hydrogens is 404 g/mol. The average molecular weight is 436 g/mol. The summed E-state index contributed by atoms with van der Waals surface area (Å²) in [6.07, 6.45) is 3.76. The van der Waals surface area contributed by atoms with Crippen molar-refractivity contribution in [2.24, 2.45) is 5.41 Å². The maximum absolute atomic E-state index is 13.3. The molecule has 0 aliphatic carbocycles. The normalized spacial score (nSPS) is 16.2. The molecule has 2 aromatic rings. The van der Waals surface area contributed by atoms with Crippen LogP contribution < -0.4 is 10.3 Å². The summed E-state index contributed by atoms with van der Waals surface area (Å²) < 4.78 is 13.7. The molecule has 1 unspecified atom stereocenters. The summed E-state index contributed by atoms with van der Waals surface area (Å²) in [6, 6.07) is 11.2. The molecule has 1 aromatic heterocycles. The Bertz CT molecular complexity index is 1100. The third-order valence-corrected chi connectivity index (χ3v) is 6.18. The fourth-order valence-electron chi connectivity index (χ4n) is 3.81. The first-order valence-corrected chi connectivity index (χ1v) is 12.9. The van der Waals surface area contributed by atoms with Crippen LogP contribution in [0.2, 0.25) is 13.1 Å². The number of nitriles is 1. The molecular formula is C25H31N2O3Si. The molecule has 1 aliphatic heterocycles. The van der Waals surface area contributed by atoms with Crippen LogP contribution in [0, 0.1) is 16.7 Å². The highest BCUT2D eigenvalue weighted by molar-refractivity contribution is 6.48. The summed E-state index contributed by atoms with van der Waals surface area (Å²) in [4.78, 5) is 13.3. The minimum absolute atomic E-state index is 0.0375. The van der Waals surface area contributed by atoms with E-state index in [2.05, 4.69) is 39.9 Å². The number of hydrogen-bond donors (Lipinski definition) is 0. The molecule has 0 spiro atoms. The fraction of sp³-hybridized carbons (Fsp3) is 0.440. The van der Waals surface area contributed by atoms with Crippen molar-refractivity contribution < 1.29 is 9.16 Å². The van der Waals surface area contributed by atoms with E-state index in [1.165, 1.54) is 0 Å². The number of benzene rings is 1. The van der Waals surface area contributed by atoms with Gasteiger partial charge in [-0.15, -0.1) is 0 Å². The summed E-state index contributed by atoms with van der Waals surface area (Å²) in [7, 11) is -0.816. The topological polar surface area (TPSA) is 64.2 Å². The molecule has 1 radical (unpaired) electrons. The van der Waals surface area contributed by atoms with E-state index in [-0.39, 0.29) is 16.9 Å². The second kappa shape index (κ2) is 8.49. The molecule has 0 fully saturated rings. The van der Waals surface area contributed by atoms with Gasteiger partial charge in [-0.25, -0.2) is 0 Å². The van der Waals surface area contributed by atoms with Crippen molar-refractivity contribution in [3.05, 3.63) is 69.6 Å². The Balaban J connectivity index is 2.08. The molecule has 6 heteroatoms. The summed E-state index contributed by atoms with van der Waals surface area (Å²) in [5, 5.41) is 9.33. The second-order valence-electron chi connectivity index (χ2n) is 9.86. The minimum Gasteiger partial charge on any atom is -0.483 e. The first-order chi connectivity index (χ1) is 14.4. The average Bonchev–Trinajstić information content (AvgIpc) is 2.65. The Hall–Kier alpha value is -2.62. The van der Waals surface area contributed by atoms with Crippen molar-refractivity contribution in [3.63, 3.8) is 0 Å². The van der Waals surface area contributed by atoms with Crippen LogP contribution in [0.5, 0.6) is 5.75 Å². The number of ether oxygens (including phenoxy) is 1. The molecule has 1 atom stereocenters. The predicted molar refractivity (Wildman–Crippen MR) is 126 cm³/mol. The van der Waals surface area contributed by atoms with E-state index < -0.39 is 14.6 Å². The van der Waals surface area contributed by atoms with E-state index in [1.807, 2.05) is 32.2 Å². The van der Waals surface area contributed by atoms with Gasteiger partial charge in [0, 0.05) is 30.4 Å². The van der Waals surface area contributed by atoms with Crippen molar-refractivity contribution in [1.29, 1.82) is 5.26 Å². The van der Waals surface area contributed by atoms with Crippen LogP contribution in [0.1, 0.15) is 57.2 Å². The molecule has 0 amide bonds. The Morgan fingerprint density at radius 2 is 1.94 bits per heavy atom. The summed E-state index contributed by atoms with van der Waals surface area (Å²) in [6.45, 7) is 15.3. The zero-order valence-corrected chi connectivity index (χ0v) is 20.4. The van der Waals surface area contributed by atoms with Crippen LogP contribution in [0.3, 0.4) is 0 Å². The third kappa shape index (κ3) is 5.17. The smallest absolute Gasteiger partial charge is 0.255 e. The van der Waals surface area contributed by atoms with E-state index in [9.17, 15) is 10.1 Å². The van der Waals surface area contributed by atoms with E-state index in [1.54, 1.807) is 28.8 Å². The first-order valence-electron chi connectivity index (χ1n) is 10.5. The van der Waals surface area contributed by atoms with Gasteiger partial charge >= 0.3 is 0 Å². The Morgan fingerprint density at radius 3 is 2.52 bits per heavy atom. The number of fused-ring (bicyclic) bond motifs is 1. The molecule has 3 rings (SSSR count). The van der Waals surface area contributed by atoms with Crippen LogP contribution in [0.15, 0.2) is 47.4 Å². The van der Waals surface area contributed by atoms with Crippen LogP contribution in [-0.4, -0.2) is 25.8 Å². The zero-order valence-electron chi connectivity index (χ0n) is 19.4. The van der Waals surface area contributed by atoms with Gasteiger partial charge in [-0.3, -0.25) is 9.36 Å². The molecule has 31 heavy (non-hydrogen) atoms. The first kappa shape index (κ1) is 23.0. The van der Waals surface area contributed by atoms with Crippen molar-refractivity contribution >= 4 is 14.7 Å². The SMILES string of the molecule is C[Si](C)OCC(c1ccn(C2=CC(C)(C)Oc3ccc(C#N)cc32)c(=O)c1)C(C)(C)C. The third-order valence-electron chi connectivity index (χ3n) is 5.43. The maximum atomic E-state index is 13.3. The summed E-state index contributed by atoms with van der Waals surface area (Å²) in [5.41, 5.74) is 2.27. The lowest BCUT2D eigenvalue weighted by atomic mass is 9.77. The number of rotatable bonds is 5. The molecule has 1 aliphatic rings. The second-order valence-corrected chi connectivity index (χ2v) is 12.0. The Labute approximate surface area is 186 Å². The molecule has 1 aromatic carbocycles. The standard InChI is InChI=1S/C25H31N2O3Si/c1-24(2,3)20(16-29-31(6)7)18-10-11-27(23(28)13-18)21-14-25(4,5)30-22-9-8-17(15-26)12-19(21)22/h8-14,20H,16H2,1-7H3. The fourth-order valence-corrected chi connectivity index (χ4v) is 4.31. The van der Waals surface area contributed by atoms with Gasteiger partial charge in [0.05, 0.1) is 17.3 Å². The van der Waals surface area contributed by atoms with Crippen LogP contribution in [0.25, 0.3) is 5.70 Å². The van der Waals surface area contributed by atoms with Crippen molar-refractivity contribution in [2.75, 3.05) is 6.61 Å². The van der Waals surface area contributed by atoms with Gasteiger partial charge in [0.2, 0.25) is 9.04 Å². The van der Waals surface area contributed by atoms with Gasteiger partial charge in [0.15, 0.2) is 0 Å². The number of nitrogens with zero attached hydrogens (tertiary/aromatic N) is 2. The summed E-state index contributed by atoms with van der Waals surface area (Å²) in [5.74, 6) is 0.784. The highest BCUT2D eigenvalue weighted by Gasteiger charge is 2.30. The summed E-state index contributed by atoms with van der Waals surface area (Å²) >= 11 is 0. The van der Waals surface area contributed by atoms with Gasteiger partial charge in [0.1, 0.15) is 11.4 Å². The number of hydrogen-bond acceptors (Lipinski definition) is 4. The number of aromatic nitrogens is 1. The largest absolute Gasteiger partial charge is 0.483 e. The van der Waals surface area contributed by atoms with Gasteiger partial charge in [-0.2, -0.15) is 5.26 Å². The van der Waals surface area contributed by atoms with Gasteiger partial charge in [0.25, 0.3) is 5.56 Å². The van der Waals surface area contributed by atoms with Crippen molar-refractivity contribution in [2.45, 2.75) is 59.2 Å². The molecule has 2 heterocycles. The van der Waals surface area contributed by atoms with E-state index in [0.717, 1.165) is 16.8 Å². The Morgan fingerprint density at radius 1 is 1.23 bits per heavy atom.